The van der Waals surface area contributed by atoms with Gasteiger partial charge in [0.25, 0.3) is 0 Å². The largest absolute Gasteiger partial charge is 0.309 e. The fourth-order valence-corrected chi connectivity index (χ4v) is 1.77. The van der Waals surface area contributed by atoms with E-state index in [9.17, 15) is 8.78 Å². The molecular formula is C15H15F2N. The van der Waals surface area contributed by atoms with Gasteiger partial charge in [-0.1, -0.05) is 29.8 Å². The van der Waals surface area contributed by atoms with Gasteiger partial charge in [-0.2, -0.15) is 0 Å². The molecule has 0 spiro atoms. The van der Waals surface area contributed by atoms with Crippen molar-refractivity contribution in [1.82, 2.24) is 5.32 Å². The molecule has 1 N–H and O–H groups in total. The molecule has 0 atom stereocenters. The molecule has 0 heterocycles. The van der Waals surface area contributed by atoms with Crippen LogP contribution in [0, 0.1) is 18.6 Å². The quantitative estimate of drug-likeness (QED) is 0.871. The van der Waals surface area contributed by atoms with E-state index in [0.717, 1.165) is 11.6 Å². The first-order chi connectivity index (χ1) is 8.63. The molecule has 0 aromatic heterocycles. The summed E-state index contributed by atoms with van der Waals surface area (Å²) in [6.07, 6.45) is 0. The van der Waals surface area contributed by atoms with Crippen LogP contribution >= 0.6 is 0 Å². The lowest BCUT2D eigenvalue weighted by molar-refractivity contribution is 0.575. The van der Waals surface area contributed by atoms with Gasteiger partial charge < -0.3 is 5.32 Å². The molecule has 94 valence electrons. The molecule has 0 aliphatic carbocycles. The van der Waals surface area contributed by atoms with Crippen LogP contribution in [0.15, 0.2) is 42.5 Å². The molecule has 2 aromatic carbocycles. The molecular weight excluding hydrogens is 232 g/mol. The summed E-state index contributed by atoms with van der Waals surface area (Å²) in [5.41, 5.74) is 2.98. The van der Waals surface area contributed by atoms with Crippen molar-refractivity contribution in [2.75, 3.05) is 0 Å². The third-order valence-corrected chi connectivity index (χ3v) is 2.70. The summed E-state index contributed by atoms with van der Waals surface area (Å²) >= 11 is 0. The standard InChI is InChI=1S/C15H15F2N/c1-11-2-4-12(5-3-11)9-18-10-13-6-14(16)8-15(17)7-13/h2-8,18H,9-10H2,1H3. The fraction of sp³-hybridized carbons (Fsp3) is 0.200. The number of hydrogen-bond donors (Lipinski definition) is 1. The predicted molar refractivity (Wildman–Crippen MR) is 68.1 cm³/mol. The van der Waals surface area contributed by atoms with E-state index in [1.54, 1.807) is 0 Å². The van der Waals surface area contributed by atoms with E-state index in [4.69, 9.17) is 0 Å². The van der Waals surface area contributed by atoms with Gasteiger partial charge >= 0.3 is 0 Å². The number of aryl methyl sites for hydroxylation is 1. The highest BCUT2D eigenvalue weighted by molar-refractivity contribution is 5.21. The summed E-state index contributed by atoms with van der Waals surface area (Å²) in [5.74, 6) is -1.08. The fourth-order valence-electron chi connectivity index (χ4n) is 1.77. The molecule has 1 nitrogen and oxygen atoms in total. The van der Waals surface area contributed by atoms with Crippen molar-refractivity contribution in [1.29, 1.82) is 0 Å². The van der Waals surface area contributed by atoms with Crippen molar-refractivity contribution in [2.45, 2.75) is 20.0 Å². The van der Waals surface area contributed by atoms with Crippen molar-refractivity contribution < 1.29 is 8.78 Å². The maximum Gasteiger partial charge on any atom is 0.126 e. The molecule has 0 fully saturated rings. The number of rotatable bonds is 4. The summed E-state index contributed by atoms with van der Waals surface area (Å²) < 4.78 is 25.9. The van der Waals surface area contributed by atoms with Gasteiger partial charge in [0.15, 0.2) is 0 Å². The Morgan fingerprint density at radius 1 is 0.833 bits per heavy atom. The van der Waals surface area contributed by atoms with Gasteiger partial charge in [0.1, 0.15) is 11.6 Å². The third-order valence-electron chi connectivity index (χ3n) is 2.70. The first-order valence-corrected chi connectivity index (χ1v) is 5.85. The van der Waals surface area contributed by atoms with Gasteiger partial charge in [-0.05, 0) is 30.2 Å². The van der Waals surface area contributed by atoms with Crippen molar-refractivity contribution in [3.63, 3.8) is 0 Å². The first kappa shape index (κ1) is 12.7. The average molecular weight is 247 g/mol. The maximum atomic E-state index is 13.0. The zero-order valence-corrected chi connectivity index (χ0v) is 10.2. The second kappa shape index (κ2) is 5.74. The molecule has 0 bridgehead atoms. The average Bonchev–Trinajstić information content (AvgIpc) is 2.30. The number of halogens is 2. The van der Waals surface area contributed by atoms with Crippen LogP contribution in [0.25, 0.3) is 0 Å². The monoisotopic (exact) mass is 247 g/mol. The van der Waals surface area contributed by atoms with Crippen LogP contribution in [-0.4, -0.2) is 0 Å². The Labute approximate surface area is 105 Å². The number of hydrogen-bond acceptors (Lipinski definition) is 1. The second-order valence-electron chi connectivity index (χ2n) is 4.37. The minimum Gasteiger partial charge on any atom is -0.309 e. The van der Waals surface area contributed by atoms with Crippen LogP contribution in [0.3, 0.4) is 0 Å². The van der Waals surface area contributed by atoms with E-state index in [2.05, 4.69) is 5.32 Å². The summed E-state index contributed by atoms with van der Waals surface area (Å²) in [7, 11) is 0. The maximum absolute atomic E-state index is 13.0. The highest BCUT2D eigenvalue weighted by Gasteiger charge is 2.00. The zero-order chi connectivity index (χ0) is 13.0. The highest BCUT2D eigenvalue weighted by atomic mass is 19.1. The second-order valence-corrected chi connectivity index (χ2v) is 4.37. The molecule has 2 aromatic rings. The minimum absolute atomic E-state index is 0.447. The van der Waals surface area contributed by atoms with E-state index in [-0.39, 0.29) is 0 Å². The molecule has 3 heteroatoms. The molecule has 18 heavy (non-hydrogen) atoms. The smallest absolute Gasteiger partial charge is 0.126 e. The Morgan fingerprint density at radius 3 is 2.00 bits per heavy atom. The summed E-state index contributed by atoms with van der Waals surface area (Å²) in [6, 6.07) is 11.7. The van der Waals surface area contributed by atoms with Gasteiger partial charge in [0.2, 0.25) is 0 Å². The Hall–Kier alpha value is -1.74. The molecule has 0 amide bonds. The Morgan fingerprint density at radius 2 is 1.39 bits per heavy atom. The topological polar surface area (TPSA) is 12.0 Å². The van der Waals surface area contributed by atoms with Crippen LogP contribution in [0.5, 0.6) is 0 Å². The number of nitrogens with one attached hydrogen (secondary N) is 1. The molecule has 0 unspecified atom stereocenters. The van der Waals surface area contributed by atoms with E-state index in [1.807, 2.05) is 31.2 Å². The Balaban J connectivity index is 1.90. The van der Waals surface area contributed by atoms with Crippen LogP contribution in [0.4, 0.5) is 8.78 Å². The molecule has 0 aliphatic heterocycles. The van der Waals surface area contributed by atoms with E-state index < -0.39 is 11.6 Å². The Bertz CT molecular complexity index is 500. The van der Waals surface area contributed by atoms with Crippen LogP contribution < -0.4 is 5.32 Å². The lowest BCUT2D eigenvalue weighted by atomic mass is 10.1. The molecule has 0 aliphatic rings. The molecule has 0 saturated carbocycles. The van der Waals surface area contributed by atoms with Crippen molar-refractivity contribution in [3.05, 3.63) is 70.8 Å². The summed E-state index contributed by atoms with van der Waals surface area (Å²) in [5, 5.41) is 3.16. The van der Waals surface area contributed by atoms with Crippen LogP contribution in [-0.2, 0) is 13.1 Å². The van der Waals surface area contributed by atoms with E-state index in [0.29, 0.717) is 18.7 Å². The van der Waals surface area contributed by atoms with Crippen LogP contribution in [0.2, 0.25) is 0 Å². The van der Waals surface area contributed by atoms with Gasteiger partial charge in [-0.25, -0.2) is 8.78 Å². The third kappa shape index (κ3) is 3.64. The molecule has 0 radical (unpaired) electrons. The minimum atomic E-state index is -0.540. The highest BCUT2D eigenvalue weighted by Crippen LogP contribution is 2.08. The lowest BCUT2D eigenvalue weighted by Crippen LogP contribution is -2.12. The molecule has 0 saturated heterocycles. The predicted octanol–water partition coefficient (Wildman–Crippen LogP) is 3.56. The zero-order valence-electron chi connectivity index (χ0n) is 10.2. The van der Waals surface area contributed by atoms with E-state index >= 15 is 0 Å². The van der Waals surface area contributed by atoms with E-state index in [1.165, 1.54) is 17.7 Å². The van der Waals surface area contributed by atoms with Crippen molar-refractivity contribution >= 4 is 0 Å². The molecule has 2 rings (SSSR count). The van der Waals surface area contributed by atoms with Crippen molar-refractivity contribution in [2.24, 2.45) is 0 Å². The van der Waals surface area contributed by atoms with Gasteiger partial charge in [0.05, 0.1) is 0 Å². The van der Waals surface area contributed by atoms with Gasteiger partial charge in [-0.15, -0.1) is 0 Å². The first-order valence-electron chi connectivity index (χ1n) is 5.85. The SMILES string of the molecule is Cc1ccc(CNCc2cc(F)cc(F)c2)cc1. The lowest BCUT2D eigenvalue weighted by Gasteiger charge is -2.06. The van der Waals surface area contributed by atoms with Crippen molar-refractivity contribution in [3.8, 4) is 0 Å². The normalized spacial score (nSPS) is 10.6. The Kier molecular flexibility index (Phi) is 4.05. The van der Waals surface area contributed by atoms with Gasteiger partial charge in [-0.3, -0.25) is 0 Å². The van der Waals surface area contributed by atoms with Gasteiger partial charge in [0, 0.05) is 19.2 Å². The number of benzene rings is 2. The summed E-state index contributed by atoms with van der Waals surface area (Å²) in [6.45, 7) is 3.16. The van der Waals surface area contributed by atoms with Crippen LogP contribution in [0.1, 0.15) is 16.7 Å². The summed E-state index contributed by atoms with van der Waals surface area (Å²) in [4.78, 5) is 0.